The van der Waals surface area contributed by atoms with Crippen molar-refractivity contribution < 1.29 is 45.5 Å². The lowest BCUT2D eigenvalue weighted by molar-refractivity contribution is 0.669. The summed E-state index contributed by atoms with van der Waals surface area (Å²) < 4.78 is 278. The second-order valence-electron chi connectivity index (χ2n) is 11.3. The van der Waals surface area contributed by atoms with E-state index in [0.29, 0.717) is 0 Å². The minimum Gasteiger partial charge on any atom is -0.456 e. The van der Waals surface area contributed by atoms with Crippen molar-refractivity contribution in [3.05, 3.63) is 181 Å². The largest absolute Gasteiger partial charge is 0.456 e. The van der Waals surface area contributed by atoms with Crippen LogP contribution in [0.2, 0.25) is 0 Å². The molecule has 236 valence electrons. The Morgan fingerprint density at radius 1 is 0.314 bits per heavy atom. The van der Waals surface area contributed by atoms with Crippen LogP contribution in [0.1, 0.15) is 41.1 Å². The van der Waals surface area contributed by atoms with Crippen LogP contribution < -0.4 is 0 Å². The quantitative estimate of drug-likeness (QED) is 0.170. The maximum absolute atomic E-state index is 9.86. The van der Waals surface area contributed by atoms with Gasteiger partial charge in [0.1, 0.15) is 11.2 Å². The number of hydrogen-bond acceptors (Lipinski definition) is 1. The Labute approximate surface area is 336 Å². The molecule has 0 unspecified atom stereocenters. The summed E-state index contributed by atoms with van der Waals surface area (Å²) in [4.78, 5) is 0. The van der Waals surface area contributed by atoms with Gasteiger partial charge in [-0.1, -0.05) is 151 Å². The maximum atomic E-state index is 9.86. The summed E-state index contributed by atoms with van der Waals surface area (Å²) in [6, 6.07) is -27.8. The van der Waals surface area contributed by atoms with Gasteiger partial charge in [-0.15, -0.1) is 0 Å². The van der Waals surface area contributed by atoms with Gasteiger partial charge < -0.3 is 4.42 Å². The van der Waals surface area contributed by atoms with Crippen molar-refractivity contribution in [2.45, 2.75) is 0 Å². The number of hydrogen-bond donors (Lipinski definition) is 0. The second kappa shape index (κ2) is 10.9. The fourth-order valence-corrected chi connectivity index (χ4v) is 6.33. The van der Waals surface area contributed by atoms with E-state index >= 15 is 0 Å². The van der Waals surface area contributed by atoms with Gasteiger partial charge in [-0.3, -0.25) is 0 Å². The zero-order valence-corrected chi connectivity index (χ0v) is 25.4. The molecular weight excluding hydrogens is 617 g/mol. The summed E-state index contributed by atoms with van der Waals surface area (Å²) >= 11 is 0. The summed E-state index contributed by atoms with van der Waals surface area (Å²) in [5, 5.41) is -7.58. The molecule has 0 fully saturated rings. The van der Waals surface area contributed by atoms with Gasteiger partial charge in [0.2, 0.25) is 0 Å². The third-order valence-corrected chi connectivity index (χ3v) is 8.51. The molecule has 10 aromatic carbocycles. The van der Waals surface area contributed by atoms with E-state index in [1.165, 1.54) is 0 Å². The van der Waals surface area contributed by atoms with E-state index < -0.39 is 285 Å². The fraction of sp³-hybridized carbons (Fsp3) is 0. The Bertz CT molecular complexity index is 4840. The summed E-state index contributed by atoms with van der Waals surface area (Å²) in [6.07, 6.45) is 0. The Morgan fingerprint density at radius 3 is 1.53 bits per heavy atom. The van der Waals surface area contributed by atoms with E-state index in [2.05, 4.69) is 0 Å². The topological polar surface area (TPSA) is 13.1 Å². The van der Waals surface area contributed by atoms with E-state index in [9.17, 15) is 16.4 Å². The Kier molecular flexibility index (Phi) is 2.50. The van der Waals surface area contributed by atoms with Gasteiger partial charge in [-0.2, -0.15) is 0 Å². The van der Waals surface area contributed by atoms with Crippen LogP contribution in [0.5, 0.6) is 0 Å². The first kappa shape index (κ1) is 11.7. The van der Waals surface area contributed by atoms with Gasteiger partial charge in [0, 0.05) is 10.8 Å². The van der Waals surface area contributed by atoms with Gasteiger partial charge in [0.25, 0.3) is 0 Å². The van der Waals surface area contributed by atoms with Gasteiger partial charge in [0.15, 0.2) is 0 Å². The number of fused-ring (bicyclic) bond motifs is 9. The predicted molar refractivity (Wildman–Crippen MR) is 218 cm³/mol. The molecule has 1 aromatic heterocycles. The van der Waals surface area contributed by atoms with Crippen LogP contribution in [0.4, 0.5) is 0 Å². The molecule has 1 heteroatoms. The van der Waals surface area contributed by atoms with E-state index in [-0.39, 0.29) is 5.39 Å². The zero-order valence-electron chi connectivity index (χ0n) is 55.4. The van der Waals surface area contributed by atoms with E-state index in [1.807, 2.05) is 0 Å². The lowest BCUT2D eigenvalue weighted by atomic mass is 9.84. The summed E-state index contributed by atoms with van der Waals surface area (Å²) in [6.45, 7) is 0. The fourth-order valence-electron chi connectivity index (χ4n) is 6.33. The van der Waals surface area contributed by atoms with Gasteiger partial charge in [0.05, 0.1) is 41.1 Å². The van der Waals surface area contributed by atoms with Crippen molar-refractivity contribution in [1.29, 1.82) is 0 Å². The molecule has 0 saturated heterocycles. The number of furan rings is 1. The highest BCUT2D eigenvalue weighted by Crippen LogP contribution is 2.46. The molecule has 1 heterocycles. The van der Waals surface area contributed by atoms with Gasteiger partial charge in [-0.25, -0.2) is 0 Å². The number of benzene rings is 10. The summed E-state index contributed by atoms with van der Waals surface area (Å²) in [7, 11) is 0. The molecule has 11 aromatic rings. The van der Waals surface area contributed by atoms with Gasteiger partial charge >= 0.3 is 0 Å². The van der Waals surface area contributed by atoms with E-state index in [0.717, 1.165) is 0 Å². The highest BCUT2D eigenvalue weighted by atomic mass is 16.3. The van der Waals surface area contributed by atoms with Gasteiger partial charge in [-0.05, 0) is 117 Å². The Hall–Kier alpha value is -6.70. The maximum Gasteiger partial charge on any atom is 0.136 e. The van der Waals surface area contributed by atoms with Crippen molar-refractivity contribution in [1.82, 2.24) is 0 Å². The molecule has 0 amide bonds. The summed E-state index contributed by atoms with van der Waals surface area (Å²) in [5.74, 6) is 0. The SMILES string of the molecule is [2H]c1c(-c2c([2H])c([2H])c3c([2H])c(-c4c5c([2H])c([2H])c([2H])c([2H])c5c(-c5c([2H])c([2H])c([2H])c6c([2H])c([2H])c([2H])c([2H])c56)c5c([2H])c([2H])c([2H])c([2H])c45)c([2H])c([2H])c3c2[2H])c([2H])c2c(oc3c([2H])c([2H])c4c([2H])c([2H])c([2H])c([2H])c4c32)c1[2H]. The smallest absolute Gasteiger partial charge is 0.136 e. The Morgan fingerprint density at radius 2 is 0.804 bits per heavy atom. The normalized spacial score (nSPS) is 20.2. The van der Waals surface area contributed by atoms with Crippen LogP contribution in [0.3, 0.4) is 0 Å². The zero-order chi connectivity index (χ0) is 59.6. The van der Waals surface area contributed by atoms with E-state index in [1.54, 1.807) is 0 Å². The molecular formula is C50H30O. The Balaban J connectivity index is 1.34. The monoisotopic (exact) mass is 676 g/mol. The highest BCUT2D eigenvalue weighted by molar-refractivity contribution is 6.24. The third-order valence-electron chi connectivity index (χ3n) is 8.51. The summed E-state index contributed by atoms with van der Waals surface area (Å²) in [5.41, 5.74) is -5.73. The molecule has 0 bridgehead atoms. The van der Waals surface area contributed by atoms with Crippen molar-refractivity contribution in [3.8, 4) is 33.4 Å². The van der Waals surface area contributed by atoms with E-state index in [4.69, 9.17) is 29.1 Å². The molecule has 0 aliphatic carbocycles. The molecule has 0 aliphatic heterocycles. The van der Waals surface area contributed by atoms with Crippen molar-refractivity contribution in [2.24, 2.45) is 0 Å². The van der Waals surface area contributed by atoms with Crippen LogP contribution in [-0.2, 0) is 0 Å². The predicted octanol–water partition coefficient (Wildman–Crippen LogP) is 14.4. The van der Waals surface area contributed by atoms with Crippen LogP contribution in [0.25, 0.3) is 109 Å². The van der Waals surface area contributed by atoms with Crippen LogP contribution >= 0.6 is 0 Å². The molecule has 11 rings (SSSR count). The van der Waals surface area contributed by atoms with Crippen LogP contribution in [-0.4, -0.2) is 0 Å². The molecule has 0 spiro atoms. The minimum absolute atomic E-state index is 0.364. The van der Waals surface area contributed by atoms with Crippen LogP contribution in [0, 0.1) is 0 Å². The molecule has 0 radical (unpaired) electrons. The first-order valence-corrected chi connectivity index (χ1v) is 15.2. The third kappa shape index (κ3) is 4.28. The lowest BCUT2D eigenvalue weighted by Crippen LogP contribution is -1.91. The average Bonchev–Trinajstić information content (AvgIpc) is 4.07. The first-order chi connectivity index (χ1) is 37.8. The van der Waals surface area contributed by atoms with Crippen molar-refractivity contribution in [2.75, 3.05) is 0 Å². The molecule has 1 nitrogen and oxygen atoms in total. The first-order valence-electron chi connectivity index (χ1n) is 30.2. The minimum atomic E-state index is -1.10. The molecule has 0 N–H and O–H groups in total. The standard InChI is InChI=1S/C50H30O/c1-3-13-38-31(10-1)12-9-19-40(38)49-43-17-7-5-15-41(43)48(42-16-6-8-18-44(42)49)37-23-22-33-28-34(20-21-35(33)29-37)36-25-26-46-45(30-36)50-39-14-4-2-11-32(39)24-27-47(50)51-46/h1-30H/i1D,2D,3D,4D,5D,6D,7D,8D,9D,10D,11D,12D,13D,14D,15D,16D,17D,18D,19D,20D,21D,22D,23D,24D,25D,26D,27D,28D,29D,30D. The average molecular weight is 677 g/mol. The lowest BCUT2D eigenvalue weighted by Gasteiger charge is -2.19. The molecule has 0 atom stereocenters. The molecule has 0 saturated carbocycles. The molecule has 51 heavy (non-hydrogen) atoms. The molecule has 0 aliphatic rings. The number of rotatable bonds is 3. The van der Waals surface area contributed by atoms with Crippen molar-refractivity contribution >= 4 is 75.8 Å². The second-order valence-corrected chi connectivity index (χ2v) is 11.3. The van der Waals surface area contributed by atoms with Crippen LogP contribution in [0.15, 0.2) is 186 Å². The van der Waals surface area contributed by atoms with Crippen molar-refractivity contribution in [3.63, 3.8) is 0 Å². The highest BCUT2D eigenvalue weighted by Gasteiger charge is 2.18.